The number of nitrogens with one attached hydrogen (secondary N) is 2. The van der Waals surface area contributed by atoms with Gasteiger partial charge in [0.05, 0.1) is 0 Å². The van der Waals surface area contributed by atoms with E-state index >= 15 is 0 Å². The molecule has 1 aliphatic carbocycles. The Labute approximate surface area is 112 Å². The van der Waals surface area contributed by atoms with Crippen LogP contribution in [0.4, 0.5) is 4.79 Å². The van der Waals surface area contributed by atoms with Gasteiger partial charge in [-0.15, -0.1) is 0 Å². The molecule has 1 aliphatic heterocycles. The maximum absolute atomic E-state index is 12.0. The van der Waals surface area contributed by atoms with Crippen LogP contribution in [0.15, 0.2) is 0 Å². The second-order valence-corrected chi connectivity index (χ2v) is 5.52. The lowest BCUT2D eigenvalue weighted by Crippen LogP contribution is -2.51. The van der Waals surface area contributed by atoms with Crippen LogP contribution in [0.2, 0.25) is 0 Å². The first-order valence-corrected chi connectivity index (χ1v) is 6.90. The van der Waals surface area contributed by atoms with Crippen molar-refractivity contribution in [1.82, 2.24) is 15.5 Å². The summed E-state index contributed by atoms with van der Waals surface area (Å²) in [6.45, 7) is 3.47. The summed E-state index contributed by atoms with van der Waals surface area (Å²) in [7, 11) is 0. The highest BCUT2D eigenvalue weighted by Gasteiger charge is 2.48. The van der Waals surface area contributed by atoms with Gasteiger partial charge in [0, 0.05) is 6.04 Å². The van der Waals surface area contributed by atoms with E-state index in [-0.39, 0.29) is 24.4 Å². The predicted molar refractivity (Wildman–Crippen MR) is 69.3 cm³/mol. The summed E-state index contributed by atoms with van der Waals surface area (Å²) in [5.41, 5.74) is -0.913. The lowest BCUT2D eigenvalue weighted by Gasteiger charge is -2.30. The second kappa shape index (κ2) is 5.19. The summed E-state index contributed by atoms with van der Waals surface area (Å²) < 4.78 is 0. The number of amides is 4. The summed E-state index contributed by atoms with van der Waals surface area (Å²) >= 11 is 0. The van der Waals surface area contributed by atoms with Crippen molar-refractivity contribution < 1.29 is 14.4 Å². The van der Waals surface area contributed by atoms with Gasteiger partial charge in [-0.3, -0.25) is 14.9 Å². The lowest BCUT2D eigenvalue weighted by atomic mass is 9.97. The highest BCUT2D eigenvalue weighted by Crippen LogP contribution is 2.25. The minimum Gasteiger partial charge on any atom is -0.352 e. The van der Waals surface area contributed by atoms with Crippen molar-refractivity contribution in [1.29, 1.82) is 0 Å². The number of urea groups is 1. The van der Waals surface area contributed by atoms with Crippen molar-refractivity contribution in [3.8, 4) is 0 Å². The van der Waals surface area contributed by atoms with Crippen molar-refractivity contribution in [2.75, 3.05) is 6.54 Å². The molecule has 6 nitrogen and oxygen atoms in total. The van der Waals surface area contributed by atoms with Crippen molar-refractivity contribution in [3.63, 3.8) is 0 Å². The Bertz CT molecular complexity index is 404. The molecule has 2 aliphatic rings. The molecule has 0 radical (unpaired) electrons. The van der Waals surface area contributed by atoms with Gasteiger partial charge in [0.25, 0.3) is 5.91 Å². The van der Waals surface area contributed by atoms with E-state index in [9.17, 15) is 14.4 Å². The van der Waals surface area contributed by atoms with E-state index in [0.29, 0.717) is 6.42 Å². The minimum absolute atomic E-state index is 0.0571. The van der Waals surface area contributed by atoms with E-state index in [1.807, 2.05) is 6.92 Å². The third kappa shape index (κ3) is 2.57. The molecule has 1 saturated carbocycles. The molecule has 2 rings (SSSR count). The Balaban J connectivity index is 1.98. The number of hydrogen-bond acceptors (Lipinski definition) is 3. The molecule has 0 aromatic heterocycles. The van der Waals surface area contributed by atoms with Crippen LogP contribution >= 0.6 is 0 Å². The zero-order valence-corrected chi connectivity index (χ0v) is 11.5. The summed E-state index contributed by atoms with van der Waals surface area (Å²) in [4.78, 5) is 36.8. The summed E-state index contributed by atoms with van der Waals surface area (Å²) in [5, 5.41) is 5.21. The number of nitrogens with zero attached hydrogens (tertiary/aromatic N) is 1. The average Bonchev–Trinajstić information content (AvgIpc) is 2.93. The standard InChI is InChI=1S/C13H21N3O3/c1-3-13(2)11(18)15-12(19)16(13)8-10(17)14-9-6-4-5-7-9/h9H,3-8H2,1-2H3,(H,14,17)(H,15,18,19). The number of hydrogen-bond donors (Lipinski definition) is 2. The van der Waals surface area contributed by atoms with Gasteiger partial charge in [-0.2, -0.15) is 0 Å². The van der Waals surface area contributed by atoms with Gasteiger partial charge in [-0.25, -0.2) is 4.79 Å². The smallest absolute Gasteiger partial charge is 0.325 e. The maximum atomic E-state index is 12.0. The summed E-state index contributed by atoms with van der Waals surface area (Å²) in [6, 6.07) is -0.252. The van der Waals surface area contributed by atoms with Crippen LogP contribution in [0.5, 0.6) is 0 Å². The fourth-order valence-corrected chi connectivity index (χ4v) is 2.73. The molecule has 1 heterocycles. The molecule has 2 N–H and O–H groups in total. The second-order valence-electron chi connectivity index (χ2n) is 5.52. The highest BCUT2D eigenvalue weighted by atomic mass is 16.2. The molecule has 6 heteroatoms. The molecule has 19 heavy (non-hydrogen) atoms. The van der Waals surface area contributed by atoms with Crippen LogP contribution in [0.25, 0.3) is 0 Å². The Morgan fingerprint density at radius 2 is 2.05 bits per heavy atom. The monoisotopic (exact) mass is 267 g/mol. The first-order chi connectivity index (χ1) is 8.97. The van der Waals surface area contributed by atoms with Gasteiger partial charge in [0.2, 0.25) is 5.91 Å². The van der Waals surface area contributed by atoms with Gasteiger partial charge < -0.3 is 10.2 Å². The largest absolute Gasteiger partial charge is 0.352 e. The SMILES string of the molecule is CCC1(C)C(=O)NC(=O)N1CC(=O)NC1CCCC1. The topological polar surface area (TPSA) is 78.5 Å². The molecule has 0 spiro atoms. The molecule has 2 fully saturated rings. The average molecular weight is 267 g/mol. The van der Waals surface area contributed by atoms with E-state index in [1.54, 1.807) is 6.92 Å². The van der Waals surface area contributed by atoms with E-state index < -0.39 is 11.6 Å². The zero-order valence-electron chi connectivity index (χ0n) is 11.5. The first kappa shape index (κ1) is 13.8. The van der Waals surface area contributed by atoms with E-state index in [2.05, 4.69) is 10.6 Å². The van der Waals surface area contributed by atoms with Crippen LogP contribution in [0.1, 0.15) is 46.0 Å². The van der Waals surface area contributed by atoms with Gasteiger partial charge in [0.1, 0.15) is 12.1 Å². The minimum atomic E-state index is -0.913. The first-order valence-electron chi connectivity index (χ1n) is 6.90. The Morgan fingerprint density at radius 3 is 2.63 bits per heavy atom. The Hall–Kier alpha value is -1.59. The number of imide groups is 1. The van der Waals surface area contributed by atoms with Crippen LogP contribution in [0, 0.1) is 0 Å². The van der Waals surface area contributed by atoms with Gasteiger partial charge in [-0.05, 0) is 26.2 Å². The van der Waals surface area contributed by atoms with Crippen LogP contribution in [-0.4, -0.2) is 40.9 Å². The highest BCUT2D eigenvalue weighted by molar-refractivity contribution is 6.07. The van der Waals surface area contributed by atoms with Crippen LogP contribution in [-0.2, 0) is 9.59 Å². The summed E-state index contributed by atoms with van der Waals surface area (Å²) in [5.74, 6) is -0.509. The molecule has 1 saturated heterocycles. The van der Waals surface area contributed by atoms with E-state index in [4.69, 9.17) is 0 Å². The molecule has 4 amide bonds. The quantitative estimate of drug-likeness (QED) is 0.738. The van der Waals surface area contributed by atoms with E-state index in [1.165, 1.54) is 4.90 Å². The molecular weight excluding hydrogens is 246 g/mol. The number of carbonyl (C=O) groups excluding carboxylic acids is 3. The fraction of sp³-hybridized carbons (Fsp3) is 0.769. The predicted octanol–water partition coefficient (Wildman–Crippen LogP) is 0.766. The third-order valence-electron chi connectivity index (χ3n) is 4.26. The molecular formula is C13H21N3O3. The maximum Gasteiger partial charge on any atom is 0.325 e. The fourth-order valence-electron chi connectivity index (χ4n) is 2.73. The molecule has 0 bridgehead atoms. The Kier molecular flexibility index (Phi) is 3.78. The van der Waals surface area contributed by atoms with Crippen molar-refractivity contribution >= 4 is 17.8 Å². The van der Waals surface area contributed by atoms with Crippen molar-refractivity contribution in [2.24, 2.45) is 0 Å². The third-order valence-corrected chi connectivity index (χ3v) is 4.26. The number of rotatable bonds is 4. The molecule has 106 valence electrons. The summed E-state index contributed by atoms with van der Waals surface area (Å²) in [6.07, 6.45) is 4.77. The van der Waals surface area contributed by atoms with Gasteiger partial charge in [0.15, 0.2) is 0 Å². The normalized spacial score (nSPS) is 27.8. The van der Waals surface area contributed by atoms with Gasteiger partial charge >= 0.3 is 6.03 Å². The van der Waals surface area contributed by atoms with Crippen LogP contribution in [0.3, 0.4) is 0 Å². The van der Waals surface area contributed by atoms with E-state index in [0.717, 1.165) is 25.7 Å². The molecule has 0 aromatic rings. The van der Waals surface area contributed by atoms with Crippen LogP contribution < -0.4 is 10.6 Å². The van der Waals surface area contributed by atoms with Gasteiger partial charge in [-0.1, -0.05) is 19.8 Å². The lowest BCUT2D eigenvalue weighted by molar-refractivity contribution is -0.128. The number of carbonyl (C=O) groups is 3. The molecule has 0 aromatic carbocycles. The molecule has 1 atom stereocenters. The zero-order chi connectivity index (χ0) is 14.0. The Morgan fingerprint density at radius 1 is 1.42 bits per heavy atom. The van der Waals surface area contributed by atoms with Crippen molar-refractivity contribution in [2.45, 2.75) is 57.5 Å². The van der Waals surface area contributed by atoms with Crippen molar-refractivity contribution in [3.05, 3.63) is 0 Å². The molecule has 1 unspecified atom stereocenters.